The van der Waals surface area contributed by atoms with Crippen LogP contribution in [0.25, 0.3) is 0 Å². The Labute approximate surface area is 163 Å². The highest BCUT2D eigenvalue weighted by molar-refractivity contribution is 6.31. The lowest BCUT2D eigenvalue weighted by Gasteiger charge is -2.18. The number of amides is 2. The summed E-state index contributed by atoms with van der Waals surface area (Å²) in [6.45, 7) is 4.91. The smallest absolute Gasteiger partial charge is 0.279 e. The van der Waals surface area contributed by atoms with Gasteiger partial charge in [0.25, 0.3) is 11.8 Å². The van der Waals surface area contributed by atoms with Gasteiger partial charge in [0, 0.05) is 11.4 Å². The molecule has 2 aromatic rings. The number of anilines is 2. The zero-order valence-corrected chi connectivity index (χ0v) is 16.2. The van der Waals surface area contributed by atoms with E-state index in [1.165, 1.54) is 18.2 Å². The number of halogens is 2. The van der Waals surface area contributed by atoms with Crippen LogP contribution in [0.4, 0.5) is 15.8 Å². The van der Waals surface area contributed by atoms with Gasteiger partial charge >= 0.3 is 0 Å². The van der Waals surface area contributed by atoms with Crippen molar-refractivity contribution in [1.29, 1.82) is 0 Å². The van der Waals surface area contributed by atoms with E-state index in [1.807, 2.05) is 38.1 Å². The summed E-state index contributed by atoms with van der Waals surface area (Å²) in [4.78, 5) is 25.5. The van der Waals surface area contributed by atoms with E-state index >= 15 is 0 Å². The van der Waals surface area contributed by atoms with Gasteiger partial charge in [-0.2, -0.15) is 0 Å². The zero-order chi connectivity index (χ0) is 19.8. The summed E-state index contributed by atoms with van der Waals surface area (Å²) >= 11 is 5.73. The number of carbonyl (C=O) groups excluding carboxylic acids is 2. The van der Waals surface area contributed by atoms with Crippen LogP contribution in [-0.2, 0) is 9.59 Å². The summed E-state index contributed by atoms with van der Waals surface area (Å²) in [7, 11) is 0. The average Bonchev–Trinajstić information content (AvgIpc) is 2.60. The molecule has 144 valence electrons. The Hall–Kier alpha value is -2.44. The Morgan fingerprint density at radius 2 is 1.74 bits per heavy atom. The monoisotopic (exact) mass is 392 g/mol. The Morgan fingerprint density at radius 1 is 1.07 bits per heavy atom. The van der Waals surface area contributed by atoms with E-state index in [9.17, 15) is 14.0 Å². The molecule has 2 rings (SSSR count). The molecule has 1 atom stereocenters. The quantitative estimate of drug-likeness (QED) is 0.646. The molecule has 2 aromatic carbocycles. The summed E-state index contributed by atoms with van der Waals surface area (Å²) in [6, 6.07) is 11.5. The van der Waals surface area contributed by atoms with E-state index in [0.717, 1.165) is 22.6 Å². The molecule has 0 aliphatic heterocycles. The molecule has 0 spiro atoms. The van der Waals surface area contributed by atoms with Crippen LogP contribution in [0.2, 0.25) is 5.02 Å². The van der Waals surface area contributed by atoms with Crippen LogP contribution in [0.15, 0.2) is 42.5 Å². The Kier molecular flexibility index (Phi) is 7.76. The molecule has 27 heavy (non-hydrogen) atoms. The molecule has 2 amide bonds. The highest BCUT2D eigenvalue weighted by Crippen LogP contribution is 2.19. The maximum absolute atomic E-state index is 13.2. The summed E-state index contributed by atoms with van der Waals surface area (Å²) in [5.41, 5.74) is 2.17. The van der Waals surface area contributed by atoms with Crippen LogP contribution >= 0.6 is 11.6 Å². The lowest BCUT2D eigenvalue weighted by molar-refractivity contribution is -0.883. The first-order valence-corrected chi connectivity index (χ1v) is 9.20. The number of hydrogen-bond acceptors (Lipinski definition) is 2. The van der Waals surface area contributed by atoms with Crippen LogP contribution < -0.4 is 15.5 Å². The summed E-state index contributed by atoms with van der Waals surface area (Å²) < 4.78 is 13.2. The minimum atomic E-state index is -0.541. The highest BCUT2D eigenvalue weighted by atomic mass is 35.5. The molecule has 0 saturated heterocycles. The molecule has 0 saturated carbocycles. The second-order valence-corrected chi connectivity index (χ2v) is 6.80. The maximum Gasteiger partial charge on any atom is 0.279 e. The number of benzene rings is 2. The average molecular weight is 393 g/mol. The first kappa shape index (κ1) is 20.9. The van der Waals surface area contributed by atoms with Crippen LogP contribution in [0.1, 0.15) is 18.9 Å². The summed E-state index contributed by atoms with van der Waals surface area (Å²) in [5, 5.41) is 5.52. The first-order chi connectivity index (χ1) is 12.9. The van der Waals surface area contributed by atoms with Crippen LogP contribution in [0, 0.1) is 12.7 Å². The van der Waals surface area contributed by atoms with Gasteiger partial charge in [-0.15, -0.1) is 0 Å². The van der Waals surface area contributed by atoms with Gasteiger partial charge in [0.2, 0.25) is 0 Å². The van der Waals surface area contributed by atoms with Crippen LogP contribution in [0.5, 0.6) is 0 Å². The fourth-order valence-electron chi connectivity index (χ4n) is 2.73. The van der Waals surface area contributed by atoms with Crippen molar-refractivity contribution < 1.29 is 18.9 Å². The third kappa shape index (κ3) is 6.66. The normalized spacial score (nSPS) is 11.7. The molecule has 5 nitrogen and oxygen atoms in total. The fourth-order valence-corrected chi connectivity index (χ4v) is 2.91. The predicted molar refractivity (Wildman–Crippen MR) is 106 cm³/mol. The van der Waals surface area contributed by atoms with Gasteiger partial charge in [0.15, 0.2) is 13.1 Å². The van der Waals surface area contributed by atoms with Gasteiger partial charge in [-0.25, -0.2) is 4.39 Å². The number of rotatable bonds is 8. The van der Waals surface area contributed by atoms with Crippen molar-refractivity contribution in [2.45, 2.75) is 20.3 Å². The zero-order valence-electron chi connectivity index (χ0n) is 15.4. The molecular formula is C20H24ClFN3O2+. The molecule has 1 unspecified atom stereocenters. The molecule has 7 heteroatoms. The number of aryl methyl sites for hydroxylation is 1. The van der Waals surface area contributed by atoms with Crippen molar-refractivity contribution in [3.63, 3.8) is 0 Å². The largest absolute Gasteiger partial charge is 0.321 e. The minimum absolute atomic E-state index is 0.0526. The number of carbonyl (C=O) groups is 2. The molecule has 0 fully saturated rings. The van der Waals surface area contributed by atoms with Crippen LogP contribution in [-0.4, -0.2) is 31.4 Å². The summed E-state index contributed by atoms with van der Waals surface area (Å²) in [5.74, 6) is -0.948. The van der Waals surface area contributed by atoms with Gasteiger partial charge in [-0.05, 0) is 43.2 Å². The highest BCUT2D eigenvalue weighted by Gasteiger charge is 2.18. The second kappa shape index (κ2) is 10.0. The van der Waals surface area contributed by atoms with E-state index in [4.69, 9.17) is 11.6 Å². The van der Waals surface area contributed by atoms with Crippen LogP contribution in [0.3, 0.4) is 0 Å². The van der Waals surface area contributed by atoms with Crippen molar-refractivity contribution in [3.05, 3.63) is 58.9 Å². The third-order valence-corrected chi connectivity index (χ3v) is 4.34. The van der Waals surface area contributed by atoms with Crippen molar-refractivity contribution in [2.75, 3.05) is 30.3 Å². The molecule has 0 aliphatic rings. The first-order valence-electron chi connectivity index (χ1n) is 8.83. The summed E-state index contributed by atoms with van der Waals surface area (Å²) in [6.07, 6.45) is 0.836. The van der Waals surface area contributed by atoms with Gasteiger partial charge in [0.1, 0.15) is 5.82 Å². The van der Waals surface area contributed by atoms with E-state index < -0.39 is 5.82 Å². The lowest BCUT2D eigenvalue weighted by atomic mass is 10.2. The van der Waals surface area contributed by atoms with E-state index in [2.05, 4.69) is 10.6 Å². The van der Waals surface area contributed by atoms with Crippen molar-refractivity contribution in [3.8, 4) is 0 Å². The number of quaternary nitrogens is 1. The second-order valence-electron chi connectivity index (χ2n) is 6.39. The number of para-hydroxylation sites is 1. The van der Waals surface area contributed by atoms with Gasteiger partial charge in [-0.3, -0.25) is 9.59 Å². The molecule has 0 aromatic heterocycles. The lowest BCUT2D eigenvalue weighted by Crippen LogP contribution is -3.14. The molecular weight excluding hydrogens is 369 g/mol. The number of hydrogen-bond donors (Lipinski definition) is 3. The van der Waals surface area contributed by atoms with E-state index in [1.54, 1.807) is 0 Å². The molecule has 0 heterocycles. The maximum atomic E-state index is 13.2. The van der Waals surface area contributed by atoms with Crippen molar-refractivity contribution in [1.82, 2.24) is 0 Å². The minimum Gasteiger partial charge on any atom is -0.321 e. The molecule has 0 bridgehead atoms. The fraction of sp³-hybridized carbons (Fsp3) is 0.300. The van der Waals surface area contributed by atoms with Crippen molar-refractivity contribution >= 4 is 34.8 Å². The topological polar surface area (TPSA) is 62.6 Å². The molecule has 3 N–H and O–H groups in total. The predicted octanol–water partition coefficient (Wildman–Crippen LogP) is 2.66. The SMILES string of the molecule is CCC[NH+](CC(=O)Nc1ccc(F)c(Cl)c1)CC(=O)Nc1ccccc1C. The van der Waals surface area contributed by atoms with Gasteiger partial charge < -0.3 is 15.5 Å². The van der Waals surface area contributed by atoms with E-state index in [-0.39, 0.29) is 29.9 Å². The number of nitrogens with one attached hydrogen (secondary N) is 3. The Balaban J connectivity index is 1.93. The van der Waals surface area contributed by atoms with Crippen molar-refractivity contribution in [2.24, 2.45) is 0 Å². The molecule has 0 aliphatic carbocycles. The Bertz CT molecular complexity index is 814. The third-order valence-electron chi connectivity index (χ3n) is 4.05. The Morgan fingerprint density at radius 3 is 2.37 bits per heavy atom. The molecule has 0 radical (unpaired) electrons. The van der Waals surface area contributed by atoms with E-state index in [0.29, 0.717) is 12.2 Å². The van der Waals surface area contributed by atoms with Gasteiger partial charge in [0.05, 0.1) is 11.6 Å². The van der Waals surface area contributed by atoms with Gasteiger partial charge in [-0.1, -0.05) is 36.7 Å². The standard InChI is InChI=1S/C20H23ClFN3O2/c1-3-10-25(13-20(27)24-18-7-5-4-6-14(18)2)12-19(26)23-15-8-9-17(22)16(21)11-15/h4-9,11H,3,10,12-13H2,1-2H3,(H,23,26)(H,24,27)/p+1.